The number of halogens is 3. The van der Waals surface area contributed by atoms with Gasteiger partial charge in [-0.05, 0) is 65.9 Å². The minimum atomic E-state index is -4.62. The number of fused-ring (bicyclic) bond motifs is 1. The second-order valence-corrected chi connectivity index (χ2v) is 11.0. The van der Waals surface area contributed by atoms with E-state index in [4.69, 9.17) is 0 Å². The standard InChI is InChI=1S/C28H36F3N7O/c1-18(28(29,30)31)25-21-7-6-8-23(35-20-9-13-37(5)14-10-20)22(21)15-24(36-25)32-11-12-33-26(39)19-16-34-38(17-19)27(2,3)4/h6-8,15-17,20,35H,1,9-14H2,2-5H3,(H,32,36)(H,33,39). The van der Waals surface area contributed by atoms with Crippen LogP contribution >= 0.6 is 0 Å². The van der Waals surface area contributed by atoms with E-state index in [1.54, 1.807) is 29.1 Å². The van der Waals surface area contributed by atoms with E-state index in [1.165, 1.54) is 6.20 Å². The number of amides is 1. The van der Waals surface area contributed by atoms with E-state index in [0.29, 0.717) is 16.3 Å². The molecule has 210 valence electrons. The Balaban J connectivity index is 1.52. The number of aromatic nitrogens is 3. The van der Waals surface area contributed by atoms with E-state index >= 15 is 0 Å². The number of nitrogens with one attached hydrogen (secondary N) is 3. The van der Waals surface area contributed by atoms with E-state index < -0.39 is 11.7 Å². The minimum absolute atomic E-state index is 0.215. The quantitative estimate of drug-likeness (QED) is 0.343. The van der Waals surface area contributed by atoms with Crippen molar-refractivity contribution in [1.82, 2.24) is 25.0 Å². The van der Waals surface area contributed by atoms with Gasteiger partial charge in [-0.3, -0.25) is 9.48 Å². The van der Waals surface area contributed by atoms with Crippen LogP contribution in [0.3, 0.4) is 0 Å². The molecule has 0 bridgehead atoms. The van der Waals surface area contributed by atoms with Crippen LogP contribution in [0.25, 0.3) is 16.3 Å². The highest BCUT2D eigenvalue weighted by Crippen LogP contribution is 2.38. The summed E-state index contributed by atoms with van der Waals surface area (Å²) < 4.78 is 42.8. The van der Waals surface area contributed by atoms with Crippen molar-refractivity contribution in [1.29, 1.82) is 0 Å². The maximum absolute atomic E-state index is 13.7. The lowest BCUT2D eigenvalue weighted by Gasteiger charge is -2.30. The average molecular weight is 544 g/mol. The van der Waals surface area contributed by atoms with Crippen molar-refractivity contribution >= 4 is 33.8 Å². The Bertz CT molecular complexity index is 1340. The zero-order valence-corrected chi connectivity index (χ0v) is 22.8. The van der Waals surface area contributed by atoms with Gasteiger partial charge in [0.05, 0.1) is 28.6 Å². The molecule has 0 saturated carbocycles. The summed E-state index contributed by atoms with van der Waals surface area (Å²) in [5, 5.41) is 14.7. The van der Waals surface area contributed by atoms with Crippen LogP contribution in [0, 0.1) is 0 Å². The number of rotatable bonds is 8. The normalized spacial score (nSPS) is 15.4. The fourth-order valence-corrected chi connectivity index (χ4v) is 4.51. The zero-order valence-electron chi connectivity index (χ0n) is 22.8. The maximum atomic E-state index is 13.7. The molecule has 1 aromatic carbocycles. The van der Waals surface area contributed by atoms with Gasteiger partial charge in [-0.1, -0.05) is 18.7 Å². The molecular formula is C28H36F3N7O. The molecule has 4 rings (SSSR count). The first-order chi connectivity index (χ1) is 18.3. The van der Waals surface area contributed by atoms with Crippen LogP contribution in [0.1, 0.15) is 49.7 Å². The summed E-state index contributed by atoms with van der Waals surface area (Å²) in [6.07, 6.45) is 0.453. The molecule has 1 fully saturated rings. The van der Waals surface area contributed by atoms with Crippen LogP contribution in [0.2, 0.25) is 0 Å². The summed E-state index contributed by atoms with van der Waals surface area (Å²) in [5.41, 5.74) is -0.277. The Morgan fingerprint density at radius 3 is 2.49 bits per heavy atom. The third kappa shape index (κ3) is 6.89. The van der Waals surface area contributed by atoms with Crippen molar-refractivity contribution in [3.63, 3.8) is 0 Å². The molecule has 0 unspecified atom stereocenters. The highest BCUT2D eigenvalue weighted by Gasteiger charge is 2.35. The molecule has 0 radical (unpaired) electrons. The first-order valence-electron chi connectivity index (χ1n) is 13.1. The maximum Gasteiger partial charge on any atom is 0.417 e. The van der Waals surface area contributed by atoms with Gasteiger partial charge in [-0.15, -0.1) is 0 Å². The number of piperidine rings is 1. The van der Waals surface area contributed by atoms with E-state index in [0.717, 1.165) is 31.6 Å². The SMILES string of the molecule is C=C(c1nc(NCCNC(=O)c2cnn(C(C)(C)C)c2)cc2c(NC3CCN(C)CC3)cccc12)C(F)(F)F. The van der Waals surface area contributed by atoms with Crippen LogP contribution in [-0.2, 0) is 5.54 Å². The van der Waals surface area contributed by atoms with Gasteiger partial charge >= 0.3 is 6.18 Å². The summed E-state index contributed by atoms with van der Waals surface area (Å²) in [6, 6.07) is 7.22. The number of anilines is 2. The molecule has 3 heterocycles. The second-order valence-electron chi connectivity index (χ2n) is 11.0. The first-order valence-corrected chi connectivity index (χ1v) is 13.1. The van der Waals surface area contributed by atoms with Crippen molar-refractivity contribution in [2.75, 3.05) is 43.9 Å². The van der Waals surface area contributed by atoms with Crippen LogP contribution < -0.4 is 16.0 Å². The number of carbonyl (C=O) groups is 1. The van der Waals surface area contributed by atoms with Crippen LogP contribution in [-0.4, -0.2) is 71.0 Å². The number of hydrogen-bond acceptors (Lipinski definition) is 6. The molecule has 11 heteroatoms. The van der Waals surface area contributed by atoms with E-state index in [1.807, 2.05) is 26.8 Å². The predicted molar refractivity (Wildman–Crippen MR) is 149 cm³/mol. The smallest absolute Gasteiger partial charge is 0.382 e. The number of likely N-dealkylation sites (tertiary alicyclic amines) is 1. The summed E-state index contributed by atoms with van der Waals surface area (Å²) in [5.74, 6) is -0.00940. The number of hydrogen-bond donors (Lipinski definition) is 3. The van der Waals surface area contributed by atoms with Crippen LogP contribution in [0.5, 0.6) is 0 Å². The molecule has 3 N–H and O–H groups in total. The topological polar surface area (TPSA) is 87.1 Å². The summed E-state index contributed by atoms with van der Waals surface area (Å²) >= 11 is 0. The Hall–Kier alpha value is -3.60. The zero-order chi connectivity index (χ0) is 28.4. The van der Waals surface area contributed by atoms with Crippen molar-refractivity contribution in [2.45, 2.75) is 51.4 Å². The number of alkyl halides is 3. The minimum Gasteiger partial charge on any atom is -0.382 e. The summed E-state index contributed by atoms with van der Waals surface area (Å²) in [7, 11) is 2.08. The summed E-state index contributed by atoms with van der Waals surface area (Å²) in [6.45, 7) is 11.7. The number of carbonyl (C=O) groups excluding carboxylic acids is 1. The molecule has 0 atom stereocenters. The van der Waals surface area contributed by atoms with Gasteiger partial charge in [0.25, 0.3) is 5.91 Å². The fourth-order valence-electron chi connectivity index (χ4n) is 4.51. The second kappa shape index (κ2) is 11.3. The highest BCUT2D eigenvalue weighted by molar-refractivity contribution is 6.01. The van der Waals surface area contributed by atoms with Crippen molar-refractivity contribution in [2.24, 2.45) is 0 Å². The Kier molecular flexibility index (Phi) is 8.20. The third-order valence-electron chi connectivity index (χ3n) is 6.83. The lowest BCUT2D eigenvalue weighted by atomic mass is 10.0. The van der Waals surface area contributed by atoms with E-state index in [9.17, 15) is 18.0 Å². The van der Waals surface area contributed by atoms with E-state index in [2.05, 4.69) is 44.6 Å². The first kappa shape index (κ1) is 28.4. The van der Waals surface area contributed by atoms with Crippen molar-refractivity contribution in [3.05, 3.63) is 54.5 Å². The molecular weight excluding hydrogens is 507 g/mol. The molecule has 0 aliphatic carbocycles. The van der Waals surface area contributed by atoms with Crippen LogP contribution in [0.4, 0.5) is 24.7 Å². The Morgan fingerprint density at radius 1 is 1.13 bits per heavy atom. The third-order valence-corrected chi connectivity index (χ3v) is 6.83. The molecule has 39 heavy (non-hydrogen) atoms. The molecule has 8 nitrogen and oxygen atoms in total. The van der Waals surface area contributed by atoms with E-state index in [-0.39, 0.29) is 42.1 Å². The van der Waals surface area contributed by atoms with Gasteiger partial charge < -0.3 is 20.9 Å². The molecule has 1 saturated heterocycles. The predicted octanol–water partition coefficient (Wildman–Crippen LogP) is 5.11. The van der Waals surface area contributed by atoms with Crippen LogP contribution in [0.15, 0.2) is 43.2 Å². The van der Waals surface area contributed by atoms with Crippen molar-refractivity contribution in [3.8, 4) is 0 Å². The number of benzene rings is 1. The Morgan fingerprint density at radius 2 is 1.85 bits per heavy atom. The van der Waals surface area contributed by atoms with Crippen molar-refractivity contribution < 1.29 is 18.0 Å². The molecule has 1 amide bonds. The Labute approximate surface area is 226 Å². The molecule has 3 aromatic rings. The number of nitrogens with zero attached hydrogens (tertiary/aromatic N) is 4. The monoisotopic (exact) mass is 543 g/mol. The molecule has 0 spiro atoms. The summed E-state index contributed by atoms with van der Waals surface area (Å²) in [4.78, 5) is 19.1. The van der Waals surface area contributed by atoms with Gasteiger partial charge in [-0.25, -0.2) is 4.98 Å². The van der Waals surface area contributed by atoms with Gasteiger partial charge in [0, 0.05) is 41.8 Å². The van der Waals surface area contributed by atoms with Gasteiger partial charge in [0.1, 0.15) is 5.82 Å². The number of allylic oxidation sites excluding steroid dienone is 1. The lowest BCUT2D eigenvalue weighted by Crippen LogP contribution is -2.36. The number of pyridine rings is 1. The molecule has 2 aromatic heterocycles. The highest BCUT2D eigenvalue weighted by atomic mass is 19.4. The lowest BCUT2D eigenvalue weighted by molar-refractivity contribution is -0.0688. The van der Waals surface area contributed by atoms with Gasteiger partial charge in [-0.2, -0.15) is 18.3 Å². The molecule has 1 aliphatic heterocycles. The fraction of sp³-hybridized carbons (Fsp3) is 0.464. The average Bonchev–Trinajstić information content (AvgIpc) is 3.38. The van der Waals surface area contributed by atoms with Gasteiger partial charge in [0.2, 0.25) is 0 Å². The molecule has 1 aliphatic rings. The van der Waals surface area contributed by atoms with Gasteiger partial charge in [0.15, 0.2) is 0 Å². The largest absolute Gasteiger partial charge is 0.417 e.